The average Bonchev–Trinajstić information content (AvgIpc) is 2.76. The van der Waals surface area contributed by atoms with Crippen LogP contribution in [0.3, 0.4) is 0 Å². The van der Waals surface area contributed by atoms with Gasteiger partial charge in [0.2, 0.25) is 0 Å². The van der Waals surface area contributed by atoms with E-state index >= 15 is 0 Å². The highest BCUT2D eigenvalue weighted by Crippen LogP contribution is 2.25. The highest BCUT2D eigenvalue weighted by molar-refractivity contribution is 7.98. The first-order valence-corrected chi connectivity index (χ1v) is 12.8. The van der Waals surface area contributed by atoms with Crippen molar-refractivity contribution in [2.24, 2.45) is 0 Å². The van der Waals surface area contributed by atoms with Crippen molar-refractivity contribution in [2.75, 3.05) is 17.0 Å². The smallest absolute Gasteiger partial charge is 0.263 e. The molecule has 0 atom stereocenters. The second-order valence-corrected chi connectivity index (χ2v) is 10.2. The van der Waals surface area contributed by atoms with Gasteiger partial charge >= 0.3 is 0 Å². The van der Waals surface area contributed by atoms with Crippen LogP contribution in [0.4, 0.5) is 10.1 Å². The first-order chi connectivity index (χ1) is 15.3. The Balaban J connectivity index is 1.59. The van der Waals surface area contributed by atoms with E-state index in [-0.39, 0.29) is 21.3 Å². The summed E-state index contributed by atoms with van der Waals surface area (Å²) in [4.78, 5) is 12.3. The number of carbonyl (C=O) groups is 1. The van der Waals surface area contributed by atoms with Gasteiger partial charge in [0, 0.05) is 29.3 Å². The van der Waals surface area contributed by atoms with Crippen LogP contribution < -0.4 is 10.0 Å². The van der Waals surface area contributed by atoms with Crippen LogP contribution in [0.1, 0.15) is 21.5 Å². The summed E-state index contributed by atoms with van der Waals surface area (Å²) < 4.78 is 41.7. The van der Waals surface area contributed by atoms with Gasteiger partial charge in [-0.2, -0.15) is 11.8 Å². The summed E-state index contributed by atoms with van der Waals surface area (Å²) in [5.41, 5.74) is 2.18. The summed E-state index contributed by atoms with van der Waals surface area (Å²) in [5.74, 6) is 0.405. The Labute approximate surface area is 196 Å². The van der Waals surface area contributed by atoms with Gasteiger partial charge in [0.1, 0.15) is 10.7 Å². The number of benzene rings is 3. The third kappa shape index (κ3) is 6.48. The molecule has 1 amide bonds. The molecule has 0 aliphatic carbocycles. The monoisotopic (exact) mass is 492 g/mol. The second kappa shape index (κ2) is 10.8. The first-order valence-electron chi connectivity index (χ1n) is 9.74. The lowest BCUT2D eigenvalue weighted by Gasteiger charge is -2.12. The van der Waals surface area contributed by atoms with Gasteiger partial charge in [0.15, 0.2) is 0 Å². The summed E-state index contributed by atoms with van der Waals surface area (Å²) in [6, 6.07) is 17.5. The van der Waals surface area contributed by atoms with Crippen LogP contribution in [-0.4, -0.2) is 26.6 Å². The lowest BCUT2D eigenvalue weighted by atomic mass is 10.2. The molecular weight excluding hydrogens is 471 g/mol. The Morgan fingerprint density at radius 1 is 1.06 bits per heavy atom. The van der Waals surface area contributed by atoms with E-state index in [0.29, 0.717) is 29.3 Å². The standard InChI is InChI=1S/C23H22ClFN2O3S2/c1-16-6-9-19(10-7-16)27-32(29,30)22-14-17(8-11-20(22)24)23(28)26-12-13-31-15-18-4-2-3-5-21(18)25/h2-11,14,27H,12-13,15H2,1H3,(H,26,28). The van der Waals surface area contributed by atoms with Crippen molar-refractivity contribution in [2.45, 2.75) is 17.6 Å². The van der Waals surface area contributed by atoms with Crippen LogP contribution >= 0.6 is 23.4 Å². The number of rotatable bonds is 9. The van der Waals surface area contributed by atoms with E-state index in [1.54, 1.807) is 42.5 Å². The lowest BCUT2D eigenvalue weighted by molar-refractivity contribution is 0.0956. The molecule has 0 bridgehead atoms. The first kappa shape index (κ1) is 24.1. The predicted octanol–water partition coefficient (Wildman–Crippen LogP) is 5.25. The summed E-state index contributed by atoms with van der Waals surface area (Å²) in [5, 5.41) is 2.76. The van der Waals surface area contributed by atoms with Gasteiger partial charge in [-0.1, -0.05) is 47.5 Å². The van der Waals surface area contributed by atoms with Crippen LogP contribution in [0, 0.1) is 12.7 Å². The quantitative estimate of drug-likeness (QED) is 0.400. The third-order valence-electron chi connectivity index (χ3n) is 4.53. The highest BCUT2D eigenvalue weighted by Gasteiger charge is 2.20. The van der Waals surface area contributed by atoms with E-state index in [0.717, 1.165) is 5.56 Å². The highest BCUT2D eigenvalue weighted by atomic mass is 35.5. The van der Waals surface area contributed by atoms with Crippen molar-refractivity contribution in [3.8, 4) is 0 Å². The molecule has 0 aliphatic heterocycles. The topological polar surface area (TPSA) is 75.3 Å². The van der Waals surface area contributed by atoms with Crippen molar-refractivity contribution in [1.29, 1.82) is 0 Å². The molecule has 3 rings (SSSR count). The Morgan fingerprint density at radius 2 is 1.78 bits per heavy atom. The van der Waals surface area contributed by atoms with Crippen LogP contribution in [-0.2, 0) is 15.8 Å². The SMILES string of the molecule is Cc1ccc(NS(=O)(=O)c2cc(C(=O)NCCSCc3ccccc3F)ccc2Cl)cc1. The van der Waals surface area contributed by atoms with Crippen LogP contribution in [0.15, 0.2) is 71.6 Å². The normalized spacial score (nSPS) is 11.2. The molecule has 2 N–H and O–H groups in total. The van der Waals surface area contributed by atoms with Gasteiger partial charge in [0.05, 0.1) is 5.02 Å². The molecule has 0 saturated heterocycles. The fraction of sp³-hybridized carbons (Fsp3) is 0.174. The van der Waals surface area contributed by atoms with Crippen molar-refractivity contribution < 1.29 is 17.6 Å². The van der Waals surface area contributed by atoms with Gasteiger partial charge in [-0.25, -0.2) is 12.8 Å². The molecule has 3 aromatic carbocycles. The van der Waals surface area contributed by atoms with Crippen molar-refractivity contribution in [3.05, 3.63) is 94.3 Å². The maximum Gasteiger partial charge on any atom is 0.263 e. The Kier molecular flexibility index (Phi) is 8.17. The van der Waals surface area contributed by atoms with Crippen LogP contribution in [0.25, 0.3) is 0 Å². The predicted molar refractivity (Wildman–Crippen MR) is 128 cm³/mol. The Hall–Kier alpha value is -2.55. The number of carbonyl (C=O) groups excluding carboxylic acids is 1. The van der Waals surface area contributed by atoms with Gasteiger partial charge < -0.3 is 5.32 Å². The minimum Gasteiger partial charge on any atom is -0.351 e. The Morgan fingerprint density at radius 3 is 2.50 bits per heavy atom. The number of thioether (sulfide) groups is 1. The molecule has 0 aromatic heterocycles. The molecule has 0 heterocycles. The number of aryl methyl sites for hydroxylation is 1. The number of amides is 1. The molecule has 32 heavy (non-hydrogen) atoms. The lowest BCUT2D eigenvalue weighted by Crippen LogP contribution is -2.26. The zero-order chi connectivity index (χ0) is 23.1. The number of nitrogens with one attached hydrogen (secondary N) is 2. The molecule has 0 saturated carbocycles. The molecule has 0 radical (unpaired) electrons. The minimum absolute atomic E-state index is 0.0154. The summed E-state index contributed by atoms with van der Waals surface area (Å²) in [7, 11) is -3.98. The van der Waals surface area contributed by atoms with Gasteiger partial charge in [-0.3, -0.25) is 9.52 Å². The molecule has 9 heteroatoms. The molecule has 5 nitrogen and oxygen atoms in total. The number of sulfonamides is 1. The van der Waals surface area contributed by atoms with E-state index in [4.69, 9.17) is 11.6 Å². The van der Waals surface area contributed by atoms with Crippen LogP contribution in [0.5, 0.6) is 0 Å². The maximum absolute atomic E-state index is 13.6. The molecule has 168 valence electrons. The summed E-state index contributed by atoms with van der Waals surface area (Å²) >= 11 is 7.60. The van der Waals surface area contributed by atoms with E-state index in [1.807, 2.05) is 6.92 Å². The number of hydrogen-bond donors (Lipinski definition) is 2. The van der Waals surface area contributed by atoms with Crippen molar-refractivity contribution >= 4 is 45.0 Å². The molecule has 0 aliphatic rings. The molecule has 0 fully saturated rings. The average molecular weight is 493 g/mol. The minimum atomic E-state index is -3.98. The molecular formula is C23H22ClFN2O3S2. The van der Waals surface area contributed by atoms with Crippen molar-refractivity contribution in [3.63, 3.8) is 0 Å². The fourth-order valence-corrected chi connectivity index (χ4v) is 5.25. The number of hydrogen-bond acceptors (Lipinski definition) is 4. The molecule has 3 aromatic rings. The van der Waals surface area contributed by atoms with E-state index in [2.05, 4.69) is 10.0 Å². The number of anilines is 1. The van der Waals surface area contributed by atoms with Gasteiger partial charge in [-0.05, 0) is 48.9 Å². The largest absolute Gasteiger partial charge is 0.351 e. The summed E-state index contributed by atoms with van der Waals surface area (Å²) in [6.45, 7) is 2.25. The van der Waals surface area contributed by atoms with Gasteiger partial charge in [-0.15, -0.1) is 0 Å². The third-order valence-corrected chi connectivity index (χ3v) is 7.40. The van der Waals surface area contributed by atoms with E-state index in [1.165, 1.54) is 36.0 Å². The second-order valence-electron chi connectivity index (χ2n) is 7.02. The van der Waals surface area contributed by atoms with E-state index < -0.39 is 15.9 Å². The molecule has 0 spiro atoms. The van der Waals surface area contributed by atoms with Crippen molar-refractivity contribution in [1.82, 2.24) is 5.32 Å². The molecule has 0 unspecified atom stereocenters. The zero-order valence-corrected chi connectivity index (χ0v) is 19.7. The zero-order valence-electron chi connectivity index (χ0n) is 17.3. The number of halogens is 2. The van der Waals surface area contributed by atoms with Crippen LogP contribution in [0.2, 0.25) is 5.02 Å². The van der Waals surface area contributed by atoms with Gasteiger partial charge in [0.25, 0.3) is 15.9 Å². The maximum atomic E-state index is 13.6. The Bertz CT molecular complexity index is 1200. The van der Waals surface area contributed by atoms with E-state index in [9.17, 15) is 17.6 Å². The summed E-state index contributed by atoms with van der Waals surface area (Å²) in [6.07, 6.45) is 0. The fourth-order valence-electron chi connectivity index (χ4n) is 2.82.